The van der Waals surface area contributed by atoms with Gasteiger partial charge < -0.3 is 10.2 Å². The molecule has 148 valence electrons. The number of phenolic OH excluding ortho intramolecular Hbond substituents is 1. The van der Waals surface area contributed by atoms with Crippen molar-refractivity contribution >= 4 is 38.5 Å². The summed E-state index contributed by atoms with van der Waals surface area (Å²) in [7, 11) is -4.05. The second kappa shape index (κ2) is 6.78. The number of nitrogens with zero attached hydrogens (tertiary/aromatic N) is 1. The van der Waals surface area contributed by atoms with Crippen molar-refractivity contribution in [1.29, 1.82) is 0 Å². The quantitative estimate of drug-likeness (QED) is 0.602. The number of hydrogen-bond donors (Lipinski definition) is 3. The van der Waals surface area contributed by atoms with Crippen LogP contribution < -0.4 is 9.03 Å². The highest BCUT2D eigenvalue weighted by Gasteiger charge is 2.35. The number of carbonyl (C=O) groups is 2. The van der Waals surface area contributed by atoms with Crippen LogP contribution in [0.2, 0.25) is 0 Å². The fourth-order valence-corrected chi connectivity index (χ4v) is 4.56. The fourth-order valence-electron chi connectivity index (χ4n) is 3.40. The molecule has 8 nitrogen and oxygen atoms in total. The zero-order chi connectivity index (χ0) is 20.8. The molecule has 1 amide bonds. The van der Waals surface area contributed by atoms with Crippen LogP contribution in [0.3, 0.4) is 0 Å². The summed E-state index contributed by atoms with van der Waals surface area (Å²) in [6.07, 6.45) is -0.174. The van der Waals surface area contributed by atoms with E-state index < -0.39 is 22.1 Å². The number of phenols is 1. The van der Waals surface area contributed by atoms with Gasteiger partial charge in [0, 0.05) is 5.56 Å². The van der Waals surface area contributed by atoms with Crippen molar-refractivity contribution in [2.24, 2.45) is 0 Å². The minimum atomic E-state index is -4.05. The van der Waals surface area contributed by atoms with Gasteiger partial charge in [0.25, 0.3) is 5.91 Å². The molecule has 9 heteroatoms. The van der Waals surface area contributed by atoms with Crippen molar-refractivity contribution in [1.82, 2.24) is 4.72 Å². The van der Waals surface area contributed by atoms with E-state index in [9.17, 15) is 23.1 Å². The van der Waals surface area contributed by atoms with Crippen molar-refractivity contribution in [3.63, 3.8) is 0 Å². The maximum Gasteiger partial charge on any atom is 0.326 e. The summed E-state index contributed by atoms with van der Waals surface area (Å²) in [5, 5.41) is 20.2. The Morgan fingerprint density at radius 3 is 2.55 bits per heavy atom. The highest BCUT2D eigenvalue weighted by molar-refractivity contribution is 7.92. The second-order valence-corrected chi connectivity index (χ2v) is 8.30. The van der Waals surface area contributed by atoms with Gasteiger partial charge in [-0.25, -0.2) is 9.03 Å². The molecule has 0 aromatic heterocycles. The van der Waals surface area contributed by atoms with Crippen LogP contribution in [-0.4, -0.2) is 37.1 Å². The number of aromatic hydroxyl groups is 1. The van der Waals surface area contributed by atoms with Gasteiger partial charge >= 0.3 is 16.2 Å². The van der Waals surface area contributed by atoms with Crippen LogP contribution >= 0.6 is 0 Å². The molecule has 4 rings (SSSR count). The predicted octanol–water partition coefficient (Wildman–Crippen LogP) is 2.02. The number of aliphatic carboxylic acids is 1. The zero-order valence-electron chi connectivity index (χ0n) is 15.0. The first-order valence-electron chi connectivity index (χ1n) is 8.64. The number of carbonyl (C=O) groups excluding carboxylic acids is 1. The summed E-state index contributed by atoms with van der Waals surface area (Å²) in [6.45, 7) is -0.367. The molecule has 0 saturated carbocycles. The molecule has 1 aliphatic rings. The summed E-state index contributed by atoms with van der Waals surface area (Å²) in [4.78, 5) is 22.8. The molecule has 3 N–H and O–H groups in total. The highest BCUT2D eigenvalue weighted by Crippen LogP contribution is 2.38. The van der Waals surface area contributed by atoms with E-state index in [0.29, 0.717) is 22.1 Å². The Kier molecular flexibility index (Phi) is 4.39. The average molecular weight is 412 g/mol. The SMILES string of the molecule is O=C(O)Cc1cccc(-c2cc3ccc(O)cc3cc2N2CC(=O)NS2(=O)=O)c1. The number of anilines is 1. The maximum atomic E-state index is 12.4. The van der Waals surface area contributed by atoms with Crippen LogP contribution in [-0.2, 0) is 26.2 Å². The lowest BCUT2D eigenvalue weighted by Crippen LogP contribution is -2.29. The van der Waals surface area contributed by atoms with Crippen LogP contribution in [0.15, 0.2) is 54.6 Å². The topological polar surface area (TPSA) is 124 Å². The number of rotatable bonds is 4. The number of benzene rings is 3. The maximum absolute atomic E-state index is 12.4. The Morgan fingerprint density at radius 1 is 1.07 bits per heavy atom. The minimum Gasteiger partial charge on any atom is -0.508 e. The van der Waals surface area contributed by atoms with Crippen molar-refractivity contribution < 1.29 is 28.2 Å². The number of nitrogens with one attached hydrogen (secondary N) is 1. The smallest absolute Gasteiger partial charge is 0.326 e. The Labute approximate surface area is 166 Å². The summed E-state index contributed by atoms with van der Waals surface area (Å²) in [5.74, 6) is -1.60. The molecular weight excluding hydrogens is 396 g/mol. The van der Waals surface area contributed by atoms with Gasteiger partial charge in [0.15, 0.2) is 0 Å². The molecular formula is C20H16N2O6S. The van der Waals surface area contributed by atoms with Crippen molar-refractivity contribution in [3.05, 3.63) is 60.2 Å². The van der Waals surface area contributed by atoms with E-state index in [-0.39, 0.29) is 24.4 Å². The second-order valence-electron chi connectivity index (χ2n) is 6.71. The molecule has 0 unspecified atom stereocenters. The largest absolute Gasteiger partial charge is 0.508 e. The molecule has 1 heterocycles. The van der Waals surface area contributed by atoms with E-state index in [1.807, 2.05) is 4.72 Å². The van der Waals surface area contributed by atoms with E-state index in [4.69, 9.17) is 5.11 Å². The van der Waals surface area contributed by atoms with Crippen LogP contribution in [0.4, 0.5) is 5.69 Å². The minimum absolute atomic E-state index is 0.0261. The van der Waals surface area contributed by atoms with Gasteiger partial charge in [0.05, 0.1) is 12.1 Å². The fraction of sp³-hybridized carbons (Fsp3) is 0.100. The highest BCUT2D eigenvalue weighted by atomic mass is 32.2. The van der Waals surface area contributed by atoms with Crippen molar-refractivity contribution in [3.8, 4) is 16.9 Å². The lowest BCUT2D eigenvalue weighted by atomic mass is 9.96. The molecule has 29 heavy (non-hydrogen) atoms. The van der Waals surface area contributed by atoms with Crippen molar-refractivity contribution in [2.75, 3.05) is 10.8 Å². The van der Waals surface area contributed by atoms with Gasteiger partial charge in [-0.1, -0.05) is 30.3 Å². The molecule has 1 fully saturated rings. The van der Waals surface area contributed by atoms with Gasteiger partial charge in [-0.2, -0.15) is 8.42 Å². The molecule has 1 saturated heterocycles. The monoisotopic (exact) mass is 412 g/mol. The van der Waals surface area contributed by atoms with E-state index in [1.54, 1.807) is 42.5 Å². The van der Waals surface area contributed by atoms with Crippen LogP contribution in [0.25, 0.3) is 21.9 Å². The Morgan fingerprint density at radius 2 is 1.86 bits per heavy atom. The first-order valence-corrected chi connectivity index (χ1v) is 10.1. The predicted molar refractivity (Wildman–Crippen MR) is 107 cm³/mol. The van der Waals surface area contributed by atoms with Gasteiger partial charge in [-0.15, -0.1) is 0 Å². The lowest BCUT2D eigenvalue weighted by Gasteiger charge is -2.20. The number of fused-ring (bicyclic) bond motifs is 1. The summed E-state index contributed by atoms with van der Waals surface area (Å²) < 4.78 is 27.8. The number of carboxylic acids is 1. The third kappa shape index (κ3) is 3.59. The third-order valence-electron chi connectivity index (χ3n) is 4.62. The van der Waals surface area contributed by atoms with E-state index in [1.165, 1.54) is 12.1 Å². The van der Waals surface area contributed by atoms with Gasteiger partial charge in [-0.3, -0.25) is 9.59 Å². The molecule has 0 spiro atoms. The molecule has 0 aliphatic carbocycles. The van der Waals surface area contributed by atoms with Crippen molar-refractivity contribution in [2.45, 2.75) is 6.42 Å². The molecule has 0 bridgehead atoms. The van der Waals surface area contributed by atoms with E-state index in [0.717, 1.165) is 9.69 Å². The van der Waals surface area contributed by atoms with Crippen LogP contribution in [0.5, 0.6) is 5.75 Å². The Hall–Kier alpha value is -3.59. The molecule has 0 radical (unpaired) electrons. The Balaban J connectivity index is 1.96. The normalized spacial score (nSPS) is 15.4. The van der Waals surface area contributed by atoms with Gasteiger partial charge in [-0.05, 0) is 46.2 Å². The number of amides is 1. The first kappa shape index (κ1) is 18.8. The van der Waals surface area contributed by atoms with Gasteiger partial charge in [0.1, 0.15) is 12.3 Å². The van der Waals surface area contributed by atoms with Gasteiger partial charge in [0.2, 0.25) is 0 Å². The van der Waals surface area contributed by atoms with E-state index in [2.05, 4.69) is 0 Å². The average Bonchev–Trinajstić information content (AvgIpc) is 2.92. The Bertz CT molecular complexity index is 1270. The summed E-state index contributed by atoms with van der Waals surface area (Å²) >= 11 is 0. The molecule has 0 atom stereocenters. The van der Waals surface area contributed by atoms with Crippen LogP contribution in [0.1, 0.15) is 5.56 Å². The number of hydrogen-bond acceptors (Lipinski definition) is 5. The third-order valence-corrected chi connectivity index (χ3v) is 6.01. The zero-order valence-corrected chi connectivity index (χ0v) is 15.8. The molecule has 1 aliphatic heterocycles. The first-order chi connectivity index (χ1) is 13.7. The lowest BCUT2D eigenvalue weighted by molar-refractivity contribution is -0.136. The molecule has 3 aromatic carbocycles. The molecule has 3 aromatic rings. The number of carboxylic acid groups (broad SMARTS) is 1. The van der Waals surface area contributed by atoms with E-state index >= 15 is 0 Å². The standard InChI is InChI=1S/C20H16N2O6S/c23-16-5-4-13-9-17(14-3-1-2-12(6-14)7-20(25)26)18(10-15(13)8-16)22-11-19(24)21-29(22,27)28/h1-6,8-10,23H,7,11H2,(H,21,24)(H,25,26). The summed E-state index contributed by atoms with van der Waals surface area (Å²) in [5.41, 5.74) is 1.96. The van der Waals surface area contributed by atoms with Crippen LogP contribution in [0, 0.1) is 0 Å². The summed E-state index contributed by atoms with van der Waals surface area (Å²) in [6, 6.07) is 14.8.